The maximum Gasteiger partial charge on any atom is 0.337 e. The number of carboxylic acids is 1. The fraction of sp³-hybridized carbons (Fsp3) is 0.200. The number of para-hydroxylation sites is 1. The molecule has 3 aromatic rings. The molecule has 1 atom stereocenters. The molecule has 0 fully saturated rings. The van der Waals surface area contributed by atoms with Gasteiger partial charge in [0, 0.05) is 6.04 Å². The van der Waals surface area contributed by atoms with Crippen LogP contribution in [-0.4, -0.2) is 20.6 Å². The van der Waals surface area contributed by atoms with Crippen molar-refractivity contribution in [2.24, 2.45) is 0 Å². The number of imidazole rings is 1. The first kappa shape index (κ1) is 12.9. The van der Waals surface area contributed by atoms with Gasteiger partial charge >= 0.3 is 5.97 Å². The second kappa shape index (κ2) is 5.09. The van der Waals surface area contributed by atoms with Crippen molar-refractivity contribution in [3.8, 4) is 0 Å². The van der Waals surface area contributed by atoms with E-state index in [0.29, 0.717) is 11.1 Å². The SMILES string of the molecule is CC(Cc1ccsc1)n1cnc2cccc(C(=O)O)c21. The molecule has 4 nitrogen and oxygen atoms in total. The highest BCUT2D eigenvalue weighted by atomic mass is 32.1. The van der Waals surface area contributed by atoms with Gasteiger partial charge in [0.2, 0.25) is 0 Å². The number of thiophene rings is 1. The highest BCUT2D eigenvalue weighted by Gasteiger charge is 2.16. The van der Waals surface area contributed by atoms with Crippen molar-refractivity contribution < 1.29 is 9.90 Å². The zero-order valence-electron chi connectivity index (χ0n) is 11.0. The fourth-order valence-electron chi connectivity index (χ4n) is 2.44. The molecule has 0 spiro atoms. The Balaban J connectivity index is 2.05. The molecule has 0 bridgehead atoms. The van der Waals surface area contributed by atoms with Crippen LogP contribution in [0.2, 0.25) is 0 Å². The molecule has 0 aliphatic carbocycles. The molecule has 0 aliphatic rings. The van der Waals surface area contributed by atoms with Crippen LogP contribution in [0.1, 0.15) is 28.9 Å². The van der Waals surface area contributed by atoms with E-state index >= 15 is 0 Å². The van der Waals surface area contributed by atoms with Crippen LogP contribution in [0.5, 0.6) is 0 Å². The first-order chi connectivity index (χ1) is 9.66. The Bertz CT molecular complexity index is 746. The summed E-state index contributed by atoms with van der Waals surface area (Å²) in [5, 5.41) is 13.5. The third-order valence-electron chi connectivity index (χ3n) is 3.41. The van der Waals surface area contributed by atoms with E-state index in [1.165, 1.54) is 5.56 Å². The highest BCUT2D eigenvalue weighted by Crippen LogP contribution is 2.24. The van der Waals surface area contributed by atoms with E-state index < -0.39 is 5.97 Å². The second-order valence-electron chi connectivity index (χ2n) is 4.82. The van der Waals surface area contributed by atoms with Crippen LogP contribution in [0, 0.1) is 0 Å². The fourth-order valence-corrected chi connectivity index (χ4v) is 3.13. The Kier molecular flexibility index (Phi) is 3.28. The van der Waals surface area contributed by atoms with Gasteiger partial charge < -0.3 is 9.67 Å². The normalized spacial score (nSPS) is 12.7. The molecule has 0 saturated carbocycles. The summed E-state index contributed by atoms with van der Waals surface area (Å²) >= 11 is 1.67. The quantitative estimate of drug-likeness (QED) is 0.797. The number of aromatic nitrogens is 2. The van der Waals surface area contributed by atoms with Crippen molar-refractivity contribution in [3.05, 3.63) is 52.5 Å². The molecule has 20 heavy (non-hydrogen) atoms. The predicted octanol–water partition coefficient (Wildman–Crippen LogP) is 3.60. The third kappa shape index (κ3) is 2.20. The van der Waals surface area contributed by atoms with Gasteiger partial charge in [-0.2, -0.15) is 11.3 Å². The number of rotatable bonds is 4. The lowest BCUT2D eigenvalue weighted by Crippen LogP contribution is -2.09. The van der Waals surface area contributed by atoms with Gasteiger partial charge in [-0.3, -0.25) is 0 Å². The summed E-state index contributed by atoms with van der Waals surface area (Å²) in [5.41, 5.74) is 2.99. The molecule has 0 radical (unpaired) electrons. The van der Waals surface area contributed by atoms with Gasteiger partial charge in [-0.05, 0) is 47.9 Å². The van der Waals surface area contributed by atoms with Crippen molar-refractivity contribution >= 4 is 28.3 Å². The molecular weight excluding hydrogens is 272 g/mol. The lowest BCUT2D eigenvalue weighted by molar-refractivity contribution is 0.0698. The molecule has 0 amide bonds. The van der Waals surface area contributed by atoms with Gasteiger partial charge in [-0.1, -0.05) is 6.07 Å². The van der Waals surface area contributed by atoms with Gasteiger partial charge in [0.25, 0.3) is 0 Å². The molecule has 102 valence electrons. The summed E-state index contributed by atoms with van der Waals surface area (Å²) < 4.78 is 1.95. The number of aromatic carboxylic acids is 1. The predicted molar refractivity (Wildman–Crippen MR) is 79.4 cm³/mol. The second-order valence-corrected chi connectivity index (χ2v) is 5.60. The maximum absolute atomic E-state index is 11.4. The molecule has 0 saturated heterocycles. The summed E-state index contributed by atoms with van der Waals surface area (Å²) in [6.45, 7) is 2.08. The first-order valence-corrected chi connectivity index (χ1v) is 7.31. The molecular formula is C15H14N2O2S. The molecule has 1 aromatic carbocycles. The average Bonchev–Trinajstić information content (AvgIpc) is 3.06. The monoisotopic (exact) mass is 286 g/mol. The van der Waals surface area contributed by atoms with Crippen LogP contribution in [0.4, 0.5) is 0 Å². The zero-order chi connectivity index (χ0) is 14.1. The number of hydrogen-bond acceptors (Lipinski definition) is 3. The average molecular weight is 286 g/mol. The molecule has 2 heterocycles. The van der Waals surface area contributed by atoms with Crippen LogP contribution >= 0.6 is 11.3 Å². The van der Waals surface area contributed by atoms with E-state index in [9.17, 15) is 9.90 Å². The first-order valence-electron chi connectivity index (χ1n) is 6.36. The minimum absolute atomic E-state index is 0.162. The van der Waals surface area contributed by atoms with E-state index in [-0.39, 0.29) is 6.04 Å². The maximum atomic E-state index is 11.4. The van der Waals surface area contributed by atoms with E-state index in [4.69, 9.17) is 0 Å². The minimum Gasteiger partial charge on any atom is -0.478 e. The standard InChI is InChI=1S/C15H14N2O2S/c1-10(7-11-5-6-20-8-11)17-9-16-13-4-2-3-12(14(13)17)15(18)19/h2-6,8-10H,7H2,1H3,(H,18,19). The van der Waals surface area contributed by atoms with Crippen LogP contribution in [0.3, 0.4) is 0 Å². The van der Waals surface area contributed by atoms with Crippen LogP contribution < -0.4 is 0 Å². The lowest BCUT2D eigenvalue weighted by atomic mass is 10.1. The third-order valence-corrected chi connectivity index (χ3v) is 4.14. The van der Waals surface area contributed by atoms with Crippen molar-refractivity contribution in [3.63, 3.8) is 0 Å². The van der Waals surface area contributed by atoms with Crippen molar-refractivity contribution in [2.75, 3.05) is 0 Å². The summed E-state index contributed by atoms with van der Waals surface area (Å²) in [6.07, 6.45) is 2.59. The number of benzene rings is 1. The summed E-state index contributed by atoms with van der Waals surface area (Å²) in [6, 6.07) is 7.45. The van der Waals surface area contributed by atoms with Gasteiger partial charge in [-0.25, -0.2) is 9.78 Å². The molecule has 0 aliphatic heterocycles. The Morgan fingerprint density at radius 1 is 1.45 bits per heavy atom. The molecule has 1 N–H and O–H groups in total. The topological polar surface area (TPSA) is 55.1 Å². The Labute approximate surface area is 120 Å². The summed E-state index contributed by atoms with van der Waals surface area (Å²) in [5.74, 6) is -0.917. The van der Waals surface area contributed by atoms with E-state index in [2.05, 4.69) is 28.7 Å². The van der Waals surface area contributed by atoms with E-state index in [0.717, 1.165) is 11.9 Å². The number of fused-ring (bicyclic) bond motifs is 1. The lowest BCUT2D eigenvalue weighted by Gasteiger charge is -2.14. The van der Waals surface area contributed by atoms with Crippen molar-refractivity contribution in [1.82, 2.24) is 9.55 Å². The van der Waals surface area contributed by atoms with Gasteiger partial charge in [0.15, 0.2) is 0 Å². The van der Waals surface area contributed by atoms with Crippen molar-refractivity contribution in [1.29, 1.82) is 0 Å². The Morgan fingerprint density at radius 2 is 2.30 bits per heavy atom. The van der Waals surface area contributed by atoms with Gasteiger partial charge in [-0.15, -0.1) is 0 Å². The molecule has 1 unspecified atom stereocenters. The van der Waals surface area contributed by atoms with Crippen molar-refractivity contribution in [2.45, 2.75) is 19.4 Å². The smallest absolute Gasteiger partial charge is 0.337 e. The number of carbonyl (C=O) groups is 1. The number of nitrogens with zero attached hydrogens (tertiary/aromatic N) is 2. The summed E-state index contributed by atoms with van der Waals surface area (Å²) in [7, 11) is 0. The summed E-state index contributed by atoms with van der Waals surface area (Å²) in [4.78, 5) is 15.7. The number of carboxylic acid groups (broad SMARTS) is 1. The highest BCUT2D eigenvalue weighted by molar-refractivity contribution is 7.07. The minimum atomic E-state index is -0.917. The van der Waals surface area contributed by atoms with Crippen LogP contribution in [-0.2, 0) is 6.42 Å². The van der Waals surface area contributed by atoms with Gasteiger partial charge in [0.05, 0.1) is 22.9 Å². The van der Waals surface area contributed by atoms with Crippen LogP contribution in [0.15, 0.2) is 41.4 Å². The van der Waals surface area contributed by atoms with E-state index in [1.54, 1.807) is 29.8 Å². The van der Waals surface area contributed by atoms with Crippen LogP contribution in [0.25, 0.3) is 11.0 Å². The Morgan fingerprint density at radius 3 is 3.00 bits per heavy atom. The van der Waals surface area contributed by atoms with Gasteiger partial charge in [0.1, 0.15) is 0 Å². The largest absolute Gasteiger partial charge is 0.478 e. The molecule has 3 rings (SSSR count). The van der Waals surface area contributed by atoms with E-state index in [1.807, 2.05) is 10.6 Å². The molecule has 2 aromatic heterocycles. The number of hydrogen-bond donors (Lipinski definition) is 1. The zero-order valence-corrected chi connectivity index (χ0v) is 11.8. The molecule has 5 heteroatoms. The Hall–Kier alpha value is -2.14.